The summed E-state index contributed by atoms with van der Waals surface area (Å²) in [7, 11) is 0. The lowest BCUT2D eigenvalue weighted by Crippen LogP contribution is -2.49. The SMILES string of the molecule is CSCC[C@@H](N)C(=O)N[C@H](Cc1c[nH]c2ccccc12)C(=O)O. The van der Waals surface area contributed by atoms with E-state index in [2.05, 4.69) is 10.3 Å². The Morgan fingerprint density at radius 2 is 2.13 bits per heavy atom. The summed E-state index contributed by atoms with van der Waals surface area (Å²) >= 11 is 1.60. The molecule has 0 aliphatic carbocycles. The molecule has 0 aliphatic heterocycles. The fraction of sp³-hybridized carbons (Fsp3) is 0.375. The Morgan fingerprint density at radius 1 is 1.39 bits per heavy atom. The molecule has 0 spiro atoms. The number of fused-ring (bicyclic) bond motifs is 1. The van der Waals surface area contributed by atoms with Crippen LogP contribution in [0.15, 0.2) is 30.5 Å². The standard InChI is InChI=1S/C16H21N3O3S/c1-23-7-6-12(17)15(20)19-14(16(21)22)8-10-9-18-13-5-3-2-4-11(10)13/h2-5,9,12,14,18H,6-8,17H2,1H3,(H,19,20)(H,21,22)/t12-,14-/m1/s1. The van der Waals surface area contributed by atoms with Crippen LogP contribution in [0.4, 0.5) is 0 Å². The third kappa shape index (κ3) is 4.49. The van der Waals surface area contributed by atoms with E-state index in [1.165, 1.54) is 0 Å². The van der Waals surface area contributed by atoms with E-state index in [0.717, 1.165) is 22.2 Å². The van der Waals surface area contributed by atoms with Gasteiger partial charge in [0, 0.05) is 23.5 Å². The van der Waals surface area contributed by atoms with Gasteiger partial charge in [0.2, 0.25) is 5.91 Å². The summed E-state index contributed by atoms with van der Waals surface area (Å²) in [5, 5.41) is 12.9. The number of nitrogens with two attached hydrogens (primary N) is 1. The summed E-state index contributed by atoms with van der Waals surface area (Å²) in [4.78, 5) is 26.6. The molecule has 1 heterocycles. The number of carbonyl (C=O) groups excluding carboxylic acids is 1. The van der Waals surface area contributed by atoms with Crippen molar-refractivity contribution in [3.8, 4) is 0 Å². The molecule has 2 aromatic rings. The first-order chi connectivity index (χ1) is 11.0. The Labute approximate surface area is 138 Å². The van der Waals surface area contributed by atoms with Crippen LogP contribution in [0, 0.1) is 0 Å². The summed E-state index contributed by atoms with van der Waals surface area (Å²) in [6, 6.07) is 5.96. The molecule has 0 aliphatic rings. The zero-order valence-corrected chi connectivity index (χ0v) is 13.7. The van der Waals surface area contributed by atoms with Crippen molar-refractivity contribution in [3.63, 3.8) is 0 Å². The minimum absolute atomic E-state index is 0.209. The van der Waals surface area contributed by atoms with E-state index in [4.69, 9.17) is 5.73 Å². The second-order valence-corrected chi connectivity index (χ2v) is 6.34. The second kappa shape index (κ2) is 8.03. The van der Waals surface area contributed by atoms with Crippen LogP contribution in [0.5, 0.6) is 0 Å². The minimum Gasteiger partial charge on any atom is -0.480 e. The lowest BCUT2D eigenvalue weighted by Gasteiger charge is -2.17. The molecule has 0 bridgehead atoms. The van der Waals surface area contributed by atoms with Gasteiger partial charge in [0.1, 0.15) is 6.04 Å². The predicted octanol–water partition coefficient (Wildman–Crippen LogP) is 1.36. The van der Waals surface area contributed by atoms with E-state index < -0.39 is 24.0 Å². The molecule has 1 aromatic carbocycles. The van der Waals surface area contributed by atoms with Crippen LogP contribution >= 0.6 is 11.8 Å². The Hall–Kier alpha value is -1.99. The summed E-state index contributed by atoms with van der Waals surface area (Å²) in [5.41, 5.74) is 7.58. The van der Waals surface area contributed by atoms with Gasteiger partial charge in [-0.15, -0.1) is 0 Å². The van der Waals surface area contributed by atoms with Gasteiger partial charge in [-0.25, -0.2) is 4.79 Å². The van der Waals surface area contributed by atoms with Crippen molar-refractivity contribution in [2.75, 3.05) is 12.0 Å². The van der Waals surface area contributed by atoms with Crippen LogP contribution in [0.1, 0.15) is 12.0 Å². The number of hydrogen-bond donors (Lipinski definition) is 4. The van der Waals surface area contributed by atoms with Crippen molar-refractivity contribution < 1.29 is 14.7 Å². The average molecular weight is 335 g/mol. The number of nitrogens with one attached hydrogen (secondary N) is 2. The van der Waals surface area contributed by atoms with Gasteiger partial charge in [0.15, 0.2) is 0 Å². The molecule has 0 unspecified atom stereocenters. The van der Waals surface area contributed by atoms with Gasteiger partial charge in [0.05, 0.1) is 6.04 Å². The third-order valence-corrected chi connectivity index (χ3v) is 4.33. The first-order valence-corrected chi connectivity index (χ1v) is 8.75. The van der Waals surface area contributed by atoms with Gasteiger partial charge in [-0.3, -0.25) is 4.79 Å². The van der Waals surface area contributed by atoms with Crippen LogP contribution in [-0.4, -0.2) is 46.1 Å². The molecule has 6 nitrogen and oxygen atoms in total. The van der Waals surface area contributed by atoms with Crippen molar-refractivity contribution in [3.05, 3.63) is 36.0 Å². The first kappa shape index (κ1) is 17.4. The zero-order chi connectivity index (χ0) is 16.8. The van der Waals surface area contributed by atoms with Gasteiger partial charge in [-0.1, -0.05) is 18.2 Å². The number of rotatable bonds is 8. The molecule has 2 rings (SSSR count). The lowest BCUT2D eigenvalue weighted by atomic mass is 10.0. The number of amides is 1. The van der Waals surface area contributed by atoms with Gasteiger partial charge in [-0.05, 0) is 30.1 Å². The van der Waals surface area contributed by atoms with Gasteiger partial charge >= 0.3 is 5.97 Å². The number of hydrogen-bond acceptors (Lipinski definition) is 4. The van der Waals surface area contributed by atoms with E-state index in [-0.39, 0.29) is 6.42 Å². The van der Waals surface area contributed by atoms with Crippen molar-refractivity contribution in [2.24, 2.45) is 5.73 Å². The van der Waals surface area contributed by atoms with Crippen molar-refractivity contribution in [1.82, 2.24) is 10.3 Å². The van der Waals surface area contributed by atoms with E-state index in [0.29, 0.717) is 6.42 Å². The predicted molar refractivity (Wildman–Crippen MR) is 92.5 cm³/mol. The highest BCUT2D eigenvalue weighted by Gasteiger charge is 2.24. The van der Waals surface area contributed by atoms with Crippen molar-refractivity contribution in [2.45, 2.75) is 24.9 Å². The molecular formula is C16H21N3O3S. The number of aliphatic carboxylic acids is 1. The summed E-state index contributed by atoms with van der Waals surface area (Å²) in [5.74, 6) is -0.735. The Morgan fingerprint density at radius 3 is 2.83 bits per heavy atom. The van der Waals surface area contributed by atoms with E-state index >= 15 is 0 Å². The number of benzene rings is 1. The summed E-state index contributed by atoms with van der Waals surface area (Å²) in [6.07, 6.45) is 4.44. The normalized spacial score (nSPS) is 13.7. The van der Waals surface area contributed by atoms with E-state index in [1.807, 2.05) is 30.5 Å². The first-order valence-electron chi connectivity index (χ1n) is 7.35. The topological polar surface area (TPSA) is 108 Å². The van der Waals surface area contributed by atoms with E-state index in [1.54, 1.807) is 18.0 Å². The number of aromatic nitrogens is 1. The number of aromatic amines is 1. The van der Waals surface area contributed by atoms with Crippen LogP contribution in [0.2, 0.25) is 0 Å². The molecule has 0 saturated carbocycles. The number of thioether (sulfide) groups is 1. The molecule has 23 heavy (non-hydrogen) atoms. The molecule has 0 saturated heterocycles. The maximum Gasteiger partial charge on any atom is 0.326 e. The summed E-state index contributed by atoms with van der Waals surface area (Å²) in [6.45, 7) is 0. The van der Waals surface area contributed by atoms with Gasteiger partial charge in [-0.2, -0.15) is 11.8 Å². The van der Waals surface area contributed by atoms with Gasteiger partial charge < -0.3 is 21.1 Å². The average Bonchev–Trinajstić information content (AvgIpc) is 2.95. The second-order valence-electron chi connectivity index (χ2n) is 5.35. The third-order valence-electron chi connectivity index (χ3n) is 3.68. The molecule has 5 N–H and O–H groups in total. The molecule has 0 radical (unpaired) electrons. The highest BCUT2D eigenvalue weighted by atomic mass is 32.2. The molecule has 1 amide bonds. The quantitative estimate of drug-likeness (QED) is 0.582. The van der Waals surface area contributed by atoms with Gasteiger partial charge in [0.25, 0.3) is 0 Å². The van der Waals surface area contributed by atoms with Crippen LogP contribution in [0.25, 0.3) is 10.9 Å². The lowest BCUT2D eigenvalue weighted by molar-refractivity contribution is -0.141. The fourth-order valence-corrected chi connectivity index (χ4v) is 2.86. The molecule has 7 heteroatoms. The van der Waals surface area contributed by atoms with Crippen LogP contribution in [-0.2, 0) is 16.0 Å². The Bertz CT molecular complexity index is 686. The Kier molecular flexibility index (Phi) is 6.06. The van der Waals surface area contributed by atoms with E-state index in [9.17, 15) is 14.7 Å². The molecule has 1 aromatic heterocycles. The Balaban J connectivity index is 2.07. The zero-order valence-electron chi connectivity index (χ0n) is 12.9. The number of carbonyl (C=O) groups is 2. The van der Waals surface area contributed by atoms with Crippen molar-refractivity contribution >= 4 is 34.5 Å². The molecule has 0 fully saturated rings. The number of carboxylic acids is 1. The smallest absolute Gasteiger partial charge is 0.326 e. The number of para-hydroxylation sites is 1. The molecule has 2 atom stereocenters. The largest absolute Gasteiger partial charge is 0.480 e. The van der Waals surface area contributed by atoms with Crippen molar-refractivity contribution in [1.29, 1.82) is 0 Å². The highest BCUT2D eigenvalue weighted by molar-refractivity contribution is 7.98. The number of carboxylic acid groups (broad SMARTS) is 1. The fourth-order valence-electron chi connectivity index (χ4n) is 2.38. The summed E-state index contributed by atoms with van der Waals surface area (Å²) < 4.78 is 0. The minimum atomic E-state index is -1.07. The van der Waals surface area contributed by atoms with Crippen LogP contribution < -0.4 is 11.1 Å². The monoisotopic (exact) mass is 335 g/mol. The molecule has 124 valence electrons. The maximum absolute atomic E-state index is 12.0. The number of H-pyrrole nitrogens is 1. The van der Waals surface area contributed by atoms with Crippen LogP contribution in [0.3, 0.4) is 0 Å². The maximum atomic E-state index is 12.0. The highest BCUT2D eigenvalue weighted by Crippen LogP contribution is 2.19. The molecular weight excluding hydrogens is 314 g/mol.